The molecule has 0 saturated heterocycles. The van der Waals surface area contributed by atoms with Crippen LogP contribution in [0.3, 0.4) is 0 Å². The molecule has 2 nitrogen and oxygen atoms in total. The third kappa shape index (κ3) is 3.76. The molecule has 1 aromatic heterocycles. The number of nitrogens with one attached hydrogen (secondary N) is 1. The molecule has 1 N–H and O–H groups in total. The van der Waals surface area contributed by atoms with Crippen LogP contribution in [-0.4, -0.2) is 11.5 Å². The van der Waals surface area contributed by atoms with Crippen molar-refractivity contribution < 1.29 is 0 Å². The molecule has 0 fully saturated rings. The van der Waals surface area contributed by atoms with Crippen molar-refractivity contribution in [3.05, 3.63) is 72.1 Å². The lowest BCUT2D eigenvalue weighted by Gasteiger charge is -2.10. The molecule has 2 rings (SSSR count). The fourth-order valence-electron chi connectivity index (χ4n) is 2.06. The number of rotatable bonds is 6. The molecule has 2 aromatic rings. The molecular weight excluding hydrogens is 232 g/mol. The van der Waals surface area contributed by atoms with Crippen molar-refractivity contribution in [2.75, 3.05) is 6.54 Å². The average Bonchev–Trinajstić information content (AvgIpc) is 2.48. The van der Waals surface area contributed by atoms with Gasteiger partial charge in [0, 0.05) is 19.3 Å². The van der Waals surface area contributed by atoms with Gasteiger partial charge < -0.3 is 5.32 Å². The Morgan fingerprint density at radius 3 is 2.68 bits per heavy atom. The van der Waals surface area contributed by atoms with Gasteiger partial charge in [0.1, 0.15) is 0 Å². The number of aryl methyl sites for hydroxylation is 1. The summed E-state index contributed by atoms with van der Waals surface area (Å²) in [4.78, 5) is 4.43. The lowest BCUT2D eigenvalue weighted by atomic mass is 10.1. The van der Waals surface area contributed by atoms with Crippen LogP contribution >= 0.6 is 0 Å². The molecular formula is C17H20N2. The third-order valence-corrected chi connectivity index (χ3v) is 3.18. The first kappa shape index (κ1) is 13.5. The van der Waals surface area contributed by atoms with Gasteiger partial charge in [-0.1, -0.05) is 49.9 Å². The van der Waals surface area contributed by atoms with Gasteiger partial charge in [0.05, 0.1) is 5.69 Å². The molecule has 0 aliphatic heterocycles. The lowest BCUT2D eigenvalue weighted by Crippen LogP contribution is -2.17. The summed E-state index contributed by atoms with van der Waals surface area (Å²) in [7, 11) is 0. The molecule has 98 valence electrons. The van der Waals surface area contributed by atoms with Crippen molar-refractivity contribution in [2.24, 2.45) is 0 Å². The molecule has 19 heavy (non-hydrogen) atoms. The second kappa shape index (κ2) is 6.86. The Bertz CT molecular complexity index is 532. The van der Waals surface area contributed by atoms with E-state index in [0.29, 0.717) is 0 Å². The summed E-state index contributed by atoms with van der Waals surface area (Å²) in [6.45, 7) is 7.84. The zero-order valence-corrected chi connectivity index (χ0v) is 11.4. The van der Waals surface area contributed by atoms with Crippen LogP contribution in [0.5, 0.6) is 0 Å². The molecule has 1 heterocycles. The minimum absolute atomic E-state index is 0.781. The summed E-state index contributed by atoms with van der Waals surface area (Å²) < 4.78 is 0. The van der Waals surface area contributed by atoms with Crippen LogP contribution in [0, 0.1) is 0 Å². The summed E-state index contributed by atoms with van der Waals surface area (Å²) in [6.07, 6.45) is 2.87. The maximum absolute atomic E-state index is 4.43. The number of benzene rings is 1. The van der Waals surface area contributed by atoms with Crippen LogP contribution in [0.2, 0.25) is 0 Å². The molecule has 0 aliphatic carbocycles. The molecule has 0 atom stereocenters. The Kier molecular flexibility index (Phi) is 4.87. The first-order valence-electron chi connectivity index (χ1n) is 6.68. The van der Waals surface area contributed by atoms with Crippen LogP contribution in [0.15, 0.2) is 55.2 Å². The van der Waals surface area contributed by atoms with Crippen molar-refractivity contribution in [3.63, 3.8) is 0 Å². The van der Waals surface area contributed by atoms with Gasteiger partial charge in [-0.3, -0.25) is 4.98 Å². The van der Waals surface area contributed by atoms with E-state index in [2.05, 4.69) is 42.0 Å². The highest BCUT2D eigenvalue weighted by Crippen LogP contribution is 2.11. The van der Waals surface area contributed by atoms with E-state index in [1.807, 2.05) is 30.5 Å². The normalized spacial score (nSPS) is 10.4. The first-order valence-corrected chi connectivity index (χ1v) is 6.68. The Morgan fingerprint density at radius 2 is 1.95 bits per heavy atom. The highest BCUT2D eigenvalue weighted by molar-refractivity contribution is 5.64. The van der Waals surface area contributed by atoms with Crippen LogP contribution < -0.4 is 5.32 Å². The van der Waals surface area contributed by atoms with Crippen molar-refractivity contribution in [1.82, 2.24) is 10.3 Å². The number of hydrogen-bond acceptors (Lipinski definition) is 2. The topological polar surface area (TPSA) is 24.9 Å². The molecule has 2 heteroatoms. The minimum atomic E-state index is 0.781. The Morgan fingerprint density at radius 1 is 1.16 bits per heavy atom. The summed E-state index contributed by atoms with van der Waals surface area (Å²) >= 11 is 0. The van der Waals surface area contributed by atoms with Gasteiger partial charge in [0.15, 0.2) is 0 Å². The van der Waals surface area contributed by atoms with Crippen LogP contribution in [0.25, 0.3) is 5.57 Å². The van der Waals surface area contributed by atoms with Crippen LogP contribution in [0.1, 0.15) is 23.7 Å². The zero-order valence-electron chi connectivity index (χ0n) is 11.4. The number of hydrogen-bond donors (Lipinski definition) is 1. The molecule has 0 unspecified atom stereocenters. The van der Waals surface area contributed by atoms with Gasteiger partial charge in [-0.2, -0.15) is 0 Å². The van der Waals surface area contributed by atoms with Crippen molar-refractivity contribution >= 4 is 5.57 Å². The minimum Gasteiger partial charge on any atom is -0.307 e. The molecule has 0 aliphatic rings. The van der Waals surface area contributed by atoms with Gasteiger partial charge in [-0.25, -0.2) is 0 Å². The van der Waals surface area contributed by atoms with Gasteiger partial charge in [0.25, 0.3) is 0 Å². The van der Waals surface area contributed by atoms with E-state index in [-0.39, 0.29) is 0 Å². The smallest absolute Gasteiger partial charge is 0.0573 e. The molecule has 1 aromatic carbocycles. The molecule has 0 bridgehead atoms. The van der Waals surface area contributed by atoms with Gasteiger partial charge in [-0.05, 0) is 29.2 Å². The molecule has 0 amide bonds. The van der Waals surface area contributed by atoms with E-state index in [0.717, 1.165) is 30.8 Å². The summed E-state index contributed by atoms with van der Waals surface area (Å²) in [5.41, 5.74) is 4.73. The van der Waals surface area contributed by atoms with Gasteiger partial charge in [0.2, 0.25) is 0 Å². The van der Waals surface area contributed by atoms with E-state index >= 15 is 0 Å². The van der Waals surface area contributed by atoms with Gasteiger partial charge in [-0.15, -0.1) is 0 Å². The molecule has 0 radical (unpaired) electrons. The van der Waals surface area contributed by atoms with Crippen LogP contribution in [0.4, 0.5) is 0 Å². The largest absolute Gasteiger partial charge is 0.307 e. The number of nitrogens with zero attached hydrogens (tertiary/aromatic N) is 1. The zero-order chi connectivity index (χ0) is 13.5. The second-order valence-electron chi connectivity index (χ2n) is 4.54. The maximum atomic E-state index is 4.43. The monoisotopic (exact) mass is 252 g/mol. The van der Waals surface area contributed by atoms with E-state index in [1.165, 1.54) is 11.1 Å². The highest BCUT2D eigenvalue weighted by atomic mass is 14.9. The predicted molar refractivity (Wildman–Crippen MR) is 80.8 cm³/mol. The van der Waals surface area contributed by atoms with E-state index in [9.17, 15) is 0 Å². The fourth-order valence-corrected chi connectivity index (χ4v) is 2.06. The number of aromatic nitrogens is 1. The second-order valence-corrected chi connectivity index (χ2v) is 4.54. The van der Waals surface area contributed by atoms with Gasteiger partial charge >= 0.3 is 0 Å². The van der Waals surface area contributed by atoms with E-state index < -0.39 is 0 Å². The summed E-state index contributed by atoms with van der Waals surface area (Å²) in [6, 6.07) is 14.4. The Hall–Kier alpha value is -1.93. The van der Waals surface area contributed by atoms with Crippen LogP contribution in [-0.2, 0) is 13.0 Å². The first-order chi connectivity index (χ1) is 9.31. The third-order valence-electron chi connectivity index (χ3n) is 3.18. The van der Waals surface area contributed by atoms with E-state index in [4.69, 9.17) is 0 Å². The van der Waals surface area contributed by atoms with Crippen molar-refractivity contribution in [1.29, 1.82) is 0 Å². The Labute approximate surface area is 115 Å². The fraction of sp³-hybridized carbons (Fsp3) is 0.235. The van der Waals surface area contributed by atoms with Crippen molar-refractivity contribution in [3.8, 4) is 0 Å². The van der Waals surface area contributed by atoms with Crippen molar-refractivity contribution in [2.45, 2.75) is 19.9 Å². The SMILES string of the molecule is C=C(CNCc1ncccc1CC)c1ccccc1. The average molecular weight is 252 g/mol. The summed E-state index contributed by atoms with van der Waals surface area (Å²) in [5, 5.41) is 3.41. The predicted octanol–water partition coefficient (Wildman–Crippen LogP) is 3.45. The highest BCUT2D eigenvalue weighted by Gasteiger charge is 2.02. The summed E-state index contributed by atoms with van der Waals surface area (Å²) in [5.74, 6) is 0. The van der Waals surface area contributed by atoms with E-state index in [1.54, 1.807) is 0 Å². The standard InChI is InChI=1S/C17H20N2/c1-3-15-10-7-11-19-17(15)13-18-12-14(2)16-8-5-4-6-9-16/h4-11,18H,2-3,12-13H2,1H3. The molecule has 0 saturated carbocycles. The maximum Gasteiger partial charge on any atom is 0.0573 e. The quantitative estimate of drug-likeness (QED) is 0.851. The number of pyridine rings is 1. The Balaban J connectivity index is 1.88. The molecule has 0 spiro atoms. The lowest BCUT2D eigenvalue weighted by molar-refractivity contribution is 0.737.